The van der Waals surface area contributed by atoms with E-state index in [2.05, 4.69) is 98.5 Å². The first kappa shape index (κ1) is 35.9. The van der Waals surface area contributed by atoms with Gasteiger partial charge in [0.1, 0.15) is 6.29 Å². The van der Waals surface area contributed by atoms with Gasteiger partial charge in [-0.1, -0.05) is 94.7 Å². The molecule has 5 unspecified atom stereocenters. The Labute approximate surface area is 290 Å². The van der Waals surface area contributed by atoms with E-state index >= 15 is 0 Å². The number of allylic oxidation sites excluding steroid dienone is 4. The minimum atomic E-state index is 0.0854. The molecule has 0 heterocycles. The Morgan fingerprint density at radius 1 is 0.702 bits per heavy atom. The summed E-state index contributed by atoms with van der Waals surface area (Å²) < 4.78 is 0. The van der Waals surface area contributed by atoms with Gasteiger partial charge < -0.3 is 15.0 Å². The topological polar surface area (TPSA) is 32.3 Å². The van der Waals surface area contributed by atoms with Crippen LogP contribution in [0.15, 0.2) is 23.3 Å². The van der Waals surface area contributed by atoms with Gasteiger partial charge in [-0.15, -0.1) is 0 Å². The molecule has 6 aliphatic carbocycles. The third kappa shape index (κ3) is 4.26. The first-order chi connectivity index (χ1) is 22.0. The Balaban J connectivity index is 1.35. The summed E-state index contributed by atoms with van der Waals surface area (Å²) in [6, 6.07) is 0. The standard InChI is InChI=1S/C44H74N2O/c1-12-28-46(29-13-2)30-27-45-44-19-14-18-43(44,11)42(10)24-23-39(7)38(6)20-17-35(34-16-15-33(31-34)32-47)36(3,4)37(38,5)21-22-40(39,8)41(42,9)25-26-44/h17,31-33,45H,12-16,18-30H2,1-11H3/t33?,37-,38?,39+,40?,41-,42?,43+,44?/m0/s1. The number of carbonyl (C=O) groups excluding carboxylic acids is 1. The molecule has 0 aromatic rings. The van der Waals surface area contributed by atoms with E-state index in [0.717, 1.165) is 19.4 Å². The molecule has 0 spiro atoms. The molecule has 6 aliphatic rings. The maximum absolute atomic E-state index is 11.7. The van der Waals surface area contributed by atoms with Crippen LogP contribution in [0.1, 0.15) is 166 Å². The molecule has 9 atom stereocenters. The largest absolute Gasteiger partial charge is 0.309 e. The number of aldehydes is 1. The Hall–Kier alpha value is -0.930. The number of carbonyl (C=O) groups is 1. The summed E-state index contributed by atoms with van der Waals surface area (Å²) in [7, 11) is 0. The molecule has 0 radical (unpaired) electrons. The van der Waals surface area contributed by atoms with Crippen LogP contribution >= 0.6 is 0 Å². The summed E-state index contributed by atoms with van der Waals surface area (Å²) in [4.78, 5) is 14.4. The number of rotatable bonds is 10. The zero-order valence-electron chi connectivity index (χ0n) is 32.9. The van der Waals surface area contributed by atoms with Crippen molar-refractivity contribution in [3.05, 3.63) is 23.3 Å². The number of hydrogen-bond acceptors (Lipinski definition) is 3. The van der Waals surface area contributed by atoms with E-state index in [1.165, 1.54) is 109 Å². The lowest BCUT2D eigenvalue weighted by Gasteiger charge is -2.82. The molecule has 0 bridgehead atoms. The van der Waals surface area contributed by atoms with E-state index in [9.17, 15) is 4.79 Å². The molecule has 0 aromatic carbocycles. The maximum atomic E-state index is 11.7. The quantitative estimate of drug-likeness (QED) is 0.240. The molecular formula is C44H74N2O. The van der Waals surface area contributed by atoms with Crippen LogP contribution in [0.4, 0.5) is 0 Å². The highest BCUT2D eigenvalue weighted by Crippen LogP contribution is 2.87. The predicted molar refractivity (Wildman–Crippen MR) is 199 cm³/mol. The molecule has 0 amide bonds. The van der Waals surface area contributed by atoms with Crippen molar-refractivity contribution in [3.63, 3.8) is 0 Å². The first-order valence-corrected chi connectivity index (χ1v) is 20.3. The molecule has 266 valence electrons. The van der Waals surface area contributed by atoms with E-state index in [0.29, 0.717) is 16.2 Å². The fourth-order valence-corrected chi connectivity index (χ4v) is 15.2. The van der Waals surface area contributed by atoms with E-state index in [1.807, 2.05) is 0 Å². The Kier molecular flexibility index (Phi) is 8.81. The SMILES string of the molecule is CCCN(CCC)CCNC12CCC[C@]1(C)C1(C)CC[C@@]3(C)C(C)(CC[C@@]4(C)C(C)(C)C(C5=CC(C=O)CC5)=CCC34C)[C@]1(C)CC2. The van der Waals surface area contributed by atoms with Gasteiger partial charge in [-0.2, -0.15) is 0 Å². The number of fused-ring (bicyclic) bond motifs is 7. The van der Waals surface area contributed by atoms with Crippen LogP contribution in [-0.4, -0.2) is 42.9 Å². The van der Waals surface area contributed by atoms with E-state index in [4.69, 9.17) is 0 Å². The zero-order valence-corrected chi connectivity index (χ0v) is 32.9. The lowest BCUT2D eigenvalue weighted by Crippen LogP contribution is -2.77. The monoisotopic (exact) mass is 647 g/mol. The van der Waals surface area contributed by atoms with Crippen molar-refractivity contribution < 1.29 is 4.79 Å². The van der Waals surface area contributed by atoms with Crippen molar-refractivity contribution in [2.45, 2.75) is 172 Å². The normalized spacial score (nSPS) is 48.6. The van der Waals surface area contributed by atoms with Gasteiger partial charge in [0.05, 0.1) is 0 Å². The van der Waals surface area contributed by atoms with Crippen LogP contribution < -0.4 is 5.32 Å². The number of nitrogens with zero attached hydrogens (tertiary/aromatic N) is 1. The second-order valence-electron chi connectivity index (χ2n) is 20.0. The number of nitrogens with one attached hydrogen (secondary N) is 1. The van der Waals surface area contributed by atoms with Gasteiger partial charge in [-0.05, 0) is 151 Å². The highest BCUT2D eigenvalue weighted by molar-refractivity contribution is 5.60. The van der Waals surface area contributed by atoms with Gasteiger partial charge in [0.15, 0.2) is 0 Å². The molecule has 0 aromatic heterocycles. The average Bonchev–Trinajstić information content (AvgIpc) is 3.64. The second kappa shape index (κ2) is 11.5. The fourth-order valence-electron chi connectivity index (χ4n) is 15.2. The molecule has 1 N–H and O–H groups in total. The van der Waals surface area contributed by atoms with Crippen LogP contribution in [-0.2, 0) is 4.79 Å². The van der Waals surface area contributed by atoms with Crippen molar-refractivity contribution in [2.75, 3.05) is 26.2 Å². The van der Waals surface area contributed by atoms with Gasteiger partial charge in [-0.3, -0.25) is 0 Å². The molecule has 6 rings (SSSR count). The van der Waals surface area contributed by atoms with Gasteiger partial charge in [-0.25, -0.2) is 0 Å². The third-order valence-corrected chi connectivity index (χ3v) is 19.4. The fraction of sp³-hybridized carbons (Fsp3) is 0.886. The minimum Gasteiger partial charge on any atom is -0.309 e. The maximum Gasteiger partial charge on any atom is 0.126 e. The lowest BCUT2D eigenvalue weighted by molar-refractivity contribution is -0.328. The molecular weight excluding hydrogens is 572 g/mol. The van der Waals surface area contributed by atoms with Crippen LogP contribution in [0.25, 0.3) is 0 Å². The van der Waals surface area contributed by atoms with Crippen molar-refractivity contribution in [2.24, 2.45) is 49.2 Å². The summed E-state index contributed by atoms with van der Waals surface area (Å²) in [5.41, 5.74) is 5.34. The summed E-state index contributed by atoms with van der Waals surface area (Å²) in [5.74, 6) is 0.113. The number of hydrogen-bond donors (Lipinski definition) is 1. The van der Waals surface area contributed by atoms with Crippen LogP contribution in [0, 0.1) is 49.2 Å². The summed E-state index contributed by atoms with van der Waals surface area (Å²) in [6.07, 6.45) is 24.1. The molecule has 0 aliphatic heterocycles. The Bertz CT molecular complexity index is 1290. The van der Waals surface area contributed by atoms with Gasteiger partial charge in [0, 0.05) is 24.5 Å². The van der Waals surface area contributed by atoms with Crippen molar-refractivity contribution in [1.29, 1.82) is 0 Å². The summed E-state index contributed by atoms with van der Waals surface area (Å²) >= 11 is 0. The van der Waals surface area contributed by atoms with Crippen molar-refractivity contribution >= 4 is 6.29 Å². The molecule has 3 heteroatoms. The predicted octanol–water partition coefficient (Wildman–Crippen LogP) is 10.9. The van der Waals surface area contributed by atoms with E-state index < -0.39 is 0 Å². The van der Waals surface area contributed by atoms with E-state index in [-0.39, 0.29) is 38.5 Å². The molecule has 3 nitrogen and oxygen atoms in total. The van der Waals surface area contributed by atoms with Gasteiger partial charge >= 0.3 is 0 Å². The van der Waals surface area contributed by atoms with Crippen LogP contribution in [0.3, 0.4) is 0 Å². The first-order valence-electron chi connectivity index (χ1n) is 20.3. The second-order valence-corrected chi connectivity index (χ2v) is 20.0. The van der Waals surface area contributed by atoms with Crippen molar-refractivity contribution in [1.82, 2.24) is 10.2 Å². The summed E-state index contributed by atoms with van der Waals surface area (Å²) in [5, 5.41) is 4.39. The van der Waals surface area contributed by atoms with Gasteiger partial charge in [0.2, 0.25) is 0 Å². The molecule has 47 heavy (non-hydrogen) atoms. The highest BCUT2D eigenvalue weighted by atomic mass is 16.1. The van der Waals surface area contributed by atoms with E-state index in [1.54, 1.807) is 5.57 Å². The third-order valence-electron chi connectivity index (χ3n) is 19.4. The molecule has 0 saturated heterocycles. The minimum absolute atomic E-state index is 0.0854. The van der Waals surface area contributed by atoms with Crippen LogP contribution in [0.2, 0.25) is 0 Å². The Morgan fingerprint density at radius 3 is 1.83 bits per heavy atom. The average molecular weight is 647 g/mol. The molecule has 4 fully saturated rings. The highest BCUT2D eigenvalue weighted by Gasteiger charge is 2.80. The molecule has 4 saturated carbocycles. The summed E-state index contributed by atoms with van der Waals surface area (Å²) in [6.45, 7) is 34.0. The zero-order chi connectivity index (χ0) is 34.4. The van der Waals surface area contributed by atoms with Gasteiger partial charge in [0.25, 0.3) is 0 Å². The van der Waals surface area contributed by atoms with Crippen molar-refractivity contribution in [3.8, 4) is 0 Å². The lowest BCUT2D eigenvalue weighted by atomic mass is 9.22. The van der Waals surface area contributed by atoms with Crippen LogP contribution in [0.5, 0.6) is 0 Å². The smallest absolute Gasteiger partial charge is 0.126 e. The Morgan fingerprint density at radius 2 is 1.26 bits per heavy atom.